The fourth-order valence-corrected chi connectivity index (χ4v) is 1.50. The zero-order chi connectivity index (χ0) is 14.0. The Hall–Kier alpha value is -1.54. The zero-order valence-electron chi connectivity index (χ0n) is 11.2. The highest BCUT2D eigenvalue weighted by atomic mass is 28.3. The van der Waals surface area contributed by atoms with E-state index in [2.05, 4.69) is 37.7 Å². The second kappa shape index (κ2) is 8.53. The molecule has 0 amide bonds. The summed E-state index contributed by atoms with van der Waals surface area (Å²) in [6.07, 6.45) is 1.84. The Morgan fingerprint density at radius 1 is 1.22 bits per heavy atom. The first-order chi connectivity index (χ1) is 8.35. The van der Waals surface area contributed by atoms with Gasteiger partial charge in [0.15, 0.2) is 6.61 Å². The molecule has 18 heavy (non-hydrogen) atoms. The molecule has 0 spiro atoms. The summed E-state index contributed by atoms with van der Waals surface area (Å²) >= 11 is 0. The Kier molecular flexibility index (Phi) is 7.80. The predicted octanol–water partition coefficient (Wildman–Crippen LogP) is 1.92. The van der Waals surface area contributed by atoms with Gasteiger partial charge in [-0.1, -0.05) is 31.6 Å². The maximum absolute atomic E-state index is 11.2. The van der Waals surface area contributed by atoms with Gasteiger partial charge < -0.3 is 9.47 Å². The molecule has 4 nitrogen and oxygen atoms in total. The van der Waals surface area contributed by atoms with Gasteiger partial charge in [-0.05, 0) is 6.42 Å². The molecular weight excluding hydrogens is 248 g/mol. The van der Waals surface area contributed by atoms with Crippen molar-refractivity contribution in [3.8, 4) is 11.5 Å². The van der Waals surface area contributed by atoms with Gasteiger partial charge in [0.2, 0.25) is 0 Å². The fourth-order valence-electron chi connectivity index (χ4n) is 0.894. The van der Waals surface area contributed by atoms with E-state index in [-0.39, 0.29) is 19.6 Å². The average Bonchev–Trinajstić information content (AvgIpc) is 2.23. The van der Waals surface area contributed by atoms with Crippen LogP contribution < -0.4 is 0 Å². The molecule has 100 valence electrons. The molecule has 5 heteroatoms. The SMILES string of the molecule is C=CCCOC(=O)CC(=O)OCC#C[Si](C)(C)C. The van der Waals surface area contributed by atoms with E-state index in [1.807, 2.05) is 0 Å². The molecule has 0 rings (SSSR count). The lowest BCUT2D eigenvalue weighted by atomic mass is 10.4. The van der Waals surface area contributed by atoms with Gasteiger partial charge in [0.05, 0.1) is 6.61 Å². The third-order valence-corrected chi connectivity index (χ3v) is 2.57. The first-order valence-corrected chi connectivity index (χ1v) is 9.27. The third-order valence-electron chi connectivity index (χ3n) is 1.64. The minimum Gasteiger partial charge on any atom is -0.465 e. The summed E-state index contributed by atoms with van der Waals surface area (Å²) in [5.74, 6) is 1.59. The van der Waals surface area contributed by atoms with Crippen LogP contribution in [-0.4, -0.2) is 33.2 Å². The molecule has 0 fully saturated rings. The van der Waals surface area contributed by atoms with E-state index in [4.69, 9.17) is 9.47 Å². The zero-order valence-corrected chi connectivity index (χ0v) is 12.2. The summed E-state index contributed by atoms with van der Waals surface area (Å²) in [4.78, 5) is 22.3. The molecular formula is C13H20O4Si. The van der Waals surface area contributed by atoms with Crippen molar-refractivity contribution >= 4 is 20.0 Å². The number of ether oxygens (including phenoxy) is 2. The third kappa shape index (κ3) is 11.0. The lowest BCUT2D eigenvalue weighted by Gasteiger charge is -2.04. The largest absolute Gasteiger partial charge is 0.465 e. The highest BCUT2D eigenvalue weighted by Gasteiger charge is 2.11. The predicted molar refractivity (Wildman–Crippen MR) is 72.5 cm³/mol. The number of hydrogen-bond acceptors (Lipinski definition) is 4. The Balaban J connectivity index is 3.80. The lowest BCUT2D eigenvalue weighted by Crippen LogP contribution is -2.17. The molecule has 0 N–H and O–H groups in total. The van der Waals surface area contributed by atoms with Crippen molar-refractivity contribution in [1.82, 2.24) is 0 Å². The highest BCUT2D eigenvalue weighted by Crippen LogP contribution is 1.96. The molecule has 0 atom stereocenters. The molecule has 0 unspecified atom stereocenters. The van der Waals surface area contributed by atoms with Crippen molar-refractivity contribution in [1.29, 1.82) is 0 Å². The molecule has 0 aliphatic carbocycles. The average molecular weight is 268 g/mol. The first-order valence-electron chi connectivity index (χ1n) is 5.77. The minimum atomic E-state index is -1.44. The summed E-state index contributed by atoms with van der Waals surface area (Å²) in [6.45, 7) is 10.1. The summed E-state index contributed by atoms with van der Waals surface area (Å²) in [5.41, 5.74) is 3.06. The van der Waals surface area contributed by atoms with Gasteiger partial charge in [-0.2, -0.15) is 0 Å². The van der Waals surface area contributed by atoms with Crippen molar-refractivity contribution in [2.45, 2.75) is 32.5 Å². The smallest absolute Gasteiger partial charge is 0.318 e. The standard InChI is InChI=1S/C13H20O4Si/c1-5-6-8-16-12(14)11-13(15)17-9-7-10-18(2,3)4/h5H,1,6,8-9,11H2,2-4H3. The number of rotatable bonds is 6. The van der Waals surface area contributed by atoms with Crippen LogP contribution in [0.15, 0.2) is 12.7 Å². The Bertz CT molecular complexity index is 357. The van der Waals surface area contributed by atoms with E-state index in [9.17, 15) is 9.59 Å². The van der Waals surface area contributed by atoms with Crippen LogP contribution in [0.5, 0.6) is 0 Å². The molecule has 0 bridgehead atoms. The van der Waals surface area contributed by atoms with Gasteiger partial charge >= 0.3 is 11.9 Å². The molecule has 0 aromatic heterocycles. The normalized spacial score (nSPS) is 9.94. The van der Waals surface area contributed by atoms with Gasteiger partial charge in [0.1, 0.15) is 14.5 Å². The molecule has 0 heterocycles. The topological polar surface area (TPSA) is 52.6 Å². The van der Waals surface area contributed by atoms with Gasteiger partial charge in [-0.15, -0.1) is 12.1 Å². The molecule has 0 radical (unpaired) electrons. The molecule has 0 aliphatic rings. The second-order valence-electron chi connectivity index (χ2n) is 4.69. The van der Waals surface area contributed by atoms with E-state index in [1.54, 1.807) is 6.08 Å². The monoisotopic (exact) mass is 268 g/mol. The summed E-state index contributed by atoms with van der Waals surface area (Å²) in [5, 5.41) is 0. The maximum Gasteiger partial charge on any atom is 0.318 e. The van der Waals surface area contributed by atoms with Crippen LogP contribution in [0.25, 0.3) is 0 Å². The van der Waals surface area contributed by atoms with Crippen LogP contribution >= 0.6 is 0 Å². The van der Waals surface area contributed by atoms with E-state index < -0.39 is 20.0 Å². The molecule has 0 aromatic carbocycles. The minimum absolute atomic E-state index is 0.0308. The van der Waals surface area contributed by atoms with Crippen molar-refractivity contribution in [2.24, 2.45) is 0 Å². The van der Waals surface area contributed by atoms with Crippen molar-refractivity contribution in [3.63, 3.8) is 0 Å². The van der Waals surface area contributed by atoms with E-state index >= 15 is 0 Å². The summed E-state index contributed by atoms with van der Waals surface area (Å²) < 4.78 is 9.58. The van der Waals surface area contributed by atoms with Crippen molar-refractivity contribution in [2.75, 3.05) is 13.2 Å². The van der Waals surface area contributed by atoms with Gasteiger partial charge in [-0.3, -0.25) is 9.59 Å². The number of carbonyl (C=O) groups excluding carboxylic acids is 2. The van der Waals surface area contributed by atoms with Crippen LogP contribution in [-0.2, 0) is 19.1 Å². The van der Waals surface area contributed by atoms with Gasteiger partial charge in [-0.25, -0.2) is 0 Å². The highest BCUT2D eigenvalue weighted by molar-refractivity contribution is 6.83. The Morgan fingerprint density at radius 3 is 2.39 bits per heavy atom. The van der Waals surface area contributed by atoms with Crippen LogP contribution in [0.1, 0.15) is 12.8 Å². The quantitative estimate of drug-likeness (QED) is 0.184. The molecule has 0 saturated carbocycles. The number of esters is 2. The van der Waals surface area contributed by atoms with Crippen LogP contribution in [0.4, 0.5) is 0 Å². The Morgan fingerprint density at radius 2 is 1.83 bits per heavy atom. The van der Waals surface area contributed by atoms with E-state index in [0.717, 1.165) is 0 Å². The summed E-state index contributed by atoms with van der Waals surface area (Å²) in [6, 6.07) is 0. The van der Waals surface area contributed by atoms with E-state index in [1.165, 1.54) is 0 Å². The van der Waals surface area contributed by atoms with Crippen LogP contribution in [0.2, 0.25) is 19.6 Å². The summed E-state index contributed by atoms with van der Waals surface area (Å²) in [7, 11) is -1.44. The van der Waals surface area contributed by atoms with Crippen LogP contribution in [0, 0.1) is 11.5 Å². The Labute approximate surface area is 109 Å². The fraction of sp³-hybridized carbons (Fsp3) is 0.538. The second-order valence-corrected chi connectivity index (χ2v) is 9.44. The van der Waals surface area contributed by atoms with Crippen LogP contribution in [0.3, 0.4) is 0 Å². The molecule has 0 saturated heterocycles. The van der Waals surface area contributed by atoms with Gasteiger partial charge in [0.25, 0.3) is 0 Å². The van der Waals surface area contributed by atoms with Gasteiger partial charge in [0, 0.05) is 0 Å². The maximum atomic E-state index is 11.2. The first kappa shape index (κ1) is 16.5. The van der Waals surface area contributed by atoms with E-state index in [0.29, 0.717) is 6.42 Å². The number of carbonyl (C=O) groups is 2. The lowest BCUT2D eigenvalue weighted by molar-refractivity contribution is -0.153. The number of hydrogen-bond donors (Lipinski definition) is 0. The van der Waals surface area contributed by atoms with Crippen molar-refractivity contribution < 1.29 is 19.1 Å². The van der Waals surface area contributed by atoms with Crippen molar-refractivity contribution in [3.05, 3.63) is 12.7 Å². The molecule has 0 aromatic rings. The molecule has 0 aliphatic heterocycles.